The van der Waals surface area contributed by atoms with Gasteiger partial charge in [-0.2, -0.15) is 0 Å². The molecule has 0 saturated heterocycles. The first-order chi connectivity index (χ1) is 9.47. The van der Waals surface area contributed by atoms with Crippen molar-refractivity contribution in [2.75, 3.05) is 5.06 Å². The highest BCUT2D eigenvalue weighted by Crippen LogP contribution is 2.45. The van der Waals surface area contributed by atoms with Gasteiger partial charge in [-0.25, -0.2) is 5.06 Å². The molecule has 1 aliphatic rings. The van der Waals surface area contributed by atoms with E-state index in [9.17, 15) is 0 Å². The van der Waals surface area contributed by atoms with Crippen LogP contribution in [0.25, 0.3) is 0 Å². The van der Waals surface area contributed by atoms with Crippen LogP contribution < -0.4 is 5.06 Å². The Hall–Kier alpha value is -1.51. The van der Waals surface area contributed by atoms with Gasteiger partial charge in [0, 0.05) is 10.6 Å². The van der Waals surface area contributed by atoms with E-state index in [-0.39, 0.29) is 11.6 Å². The van der Waals surface area contributed by atoms with E-state index in [0.717, 1.165) is 21.8 Å². The van der Waals surface area contributed by atoms with Gasteiger partial charge < -0.3 is 0 Å². The van der Waals surface area contributed by atoms with Gasteiger partial charge in [-0.1, -0.05) is 41.9 Å². The minimum Gasteiger partial charge on any atom is -0.260 e. The summed E-state index contributed by atoms with van der Waals surface area (Å²) in [6, 6.07) is 16.2. The summed E-state index contributed by atoms with van der Waals surface area (Å²) < 4.78 is 0. The molecule has 0 fully saturated rings. The Morgan fingerprint density at radius 3 is 2.40 bits per heavy atom. The van der Waals surface area contributed by atoms with E-state index in [1.165, 1.54) is 0 Å². The number of halogens is 1. The Morgan fingerprint density at radius 1 is 1.05 bits per heavy atom. The number of fused-ring (bicyclic) bond motifs is 1. The lowest BCUT2D eigenvalue weighted by Gasteiger charge is -2.32. The van der Waals surface area contributed by atoms with Gasteiger partial charge in [-0.05, 0) is 44.5 Å². The molecule has 2 nitrogen and oxygen atoms in total. The van der Waals surface area contributed by atoms with Crippen molar-refractivity contribution in [2.45, 2.75) is 32.4 Å². The smallest absolute Gasteiger partial charge is 0.138 e. The molecule has 104 valence electrons. The van der Waals surface area contributed by atoms with E-state index in [4.69, 9.17) is 16.4 Å². The first-order valence-electron chi connectivity index (χ1n) is 6.78. The van der Waals surface area contributed by atoms with Crippen LogP contribution in [0, 0.1) is 0 Å². The minimum absolute atomic E-state index is 0.0934. The summed E-state index contributed by atoms with van der Waals surface area (Å²) in [5.41, 5.74) is 3.25. The number of anilines is 1. The predicted octanol–water partition coefficient (Wildman–Crippen LogP) is 4.98. The molecule has 2 aromatic rings. The second kappa shape index (κ2) is 4.80. The van der Waals surface area contributed by atoms with Crippen molar-refractivity contribution in [3.8, 4) is 0 Å². The van der Waals surface area contributed by atoms with Crippen LogP contribution in [-0.2, 0) is 4.84 Å². The Morgan fingerprint density at radius 2 is 1.75 bits per heavy atom. The lowest BCUT2D eigenvalue weighted by atomic mass is 10.00. The van der Waals surface area contributed by atoms with Crippen LogP contribution in [0.2, 0.25) is 5.02 Å². The third-order valence-corrected chi connectivity index (χ3v) is 3.65. The zero-order valence-electron chi connectivity index (χ0n) is 11.9. The van der Waals surface area contributed by atoms with Crippen molar-refractivity contribution < 1.29 is 4.84 Å². The fourth-order valence-electron chi connectivity index (χ4n) is 2.53. The van der Waals surface area contributed by atoms with Gasteiger partial charge in [-0.15, -0.1) is 0 Å². The summed E-state index contributed by atoms with van der Waals surface area (Å²) in [6.07, 6.45) is -0.0934. The van der Waals surface area contributed by atoms with Crippen molar-refractivity contribution in [1.82, 2.24) is 0 Å². The molecule has 0 N–H and O–H groups in total. The molecule has 3 rings (SSSR count). The number of rotatable bonds is 1. The van der Waals surface area contributed by atoms with Gasteiger partial charge in [0.15, 0.2) is 0 Å². The molecule has 0 aliphatic carbocycles. The lowest BCUT2D eigenvalue weighted by molar-refractivity contribution is 0.0440. The monoisotopic (exact) mass is 287 g/mol. The van der Waals surface area contributed by atoms with Crippen LogP contribution in [-0.4, -0.2) is 5.54 Å². The summed E-state index contributed by atoms with van der Waals surface area (Å²) in [6.45, 7) is 6.41. The Labute approximate surface area is 124 Å². The van der Waals surface area contributed by atoms with Crippen LogP contribution in [0.3, 0.4) is 0 Å². The summed E-state index contributed by atoms with van der Waals surface area (Å²) >= 11 is 6.16. The second-order valence-electron chi connectivity index (χ2n) is 6.06. The topological polar surface area (TPSA) is 12.5 Å². The van der Waals surface area contributed by atoms with Crippen LogP contribution in [0.1, 0.15) is 38.0 Å². The SMILES string of the molecule is CC(C)(C)N1OC(c2ccccc2)c2cc(Cl)ccc21. The Balaban J connectivity index is 2.10. The van der Waals surface area contributed by atoms with E-state index in [0.29, 0.717) is 0 Å². The number of hydroxylamine groups is 1. The summed E-state index contributed by atoms with van der Waals surface area (Å²) in [4.78, 5) is 6.21. The van der Waals surface area contributed by atoms with Crippen molar-refractivity contribution in [2.24, 2.45) is 0 Å². The van der Waals surface area contributed by atoms with Gasteiger partial charge in [0.2, 0.25) is 0 Å². The lowest BCUT2D eigenvalue weighted by Crippen LogP contribution is -2.39. The zero-order chi connectivity index (χ0) is 14.3. The van der Waals surface area contributed by atoms with Crippen molar-refractivity contribution >= 4 is 17.3 Å². The molecule has 0 radical (unpaired) electrons. The highest BCUT2D eigenvalue weighted by atomic mass is 35.5. The molecular formula is C17H18ClNO. The van der Waals surface area contributed by atoms with Crippen molar-refractivity contribution in [3.63, 3.8) is 0 Å². The molecule has 0 amide bonds. The van der Waals surface area contributed by atoms with Gasteiger partial charge >= 0.3 is 0 Å². The minimum atomic E-state index is -0.105. The molecule has 2 aromatic carbocycles. The number of hydrogen-bond acceptors (Lipinski definition) is 2. The number of nitrogens with zero attached hydrogens (tertiary/aromatic N) is 1. The largest absolute Gasteiger partial charge is 0.260 e. The molecule has 1 aliphatic heterocycles. The van der Waals surface area contributed by atoms with Gasteiger partial charge in [0.25, 0.3) is 0 Å². The molecule has 1 heterocycles. The molecule has 0 aromatic heterocycles. The highest BCUT2D eigenvalue weighted by Gasteiger charge is 2.37. The van der Waals surface area contributed by atoms with Crippen LogP contribution in [0.4, 0.5) is 5.69 Å². The maximum atomic E-state index is 6.21. The van der Waals surface area contributed by atoms with Gasteiger partial charge in [-0.3, -0.25) is 4.84 Å². The first-order valence-corrected chi connectivity index (χ1v) is 7.16. The molecule has 1 unspecified atom stereocenters. The van der Waals surface area contributed by atoms with Crippen LogP contribution >= 0.6 is 11.6 Å². The van der Waals surface area contributed by atoms with Crippen LogP contribution in [0.15, 0.2) is 48.5 Å². The third kappa shape index (κ3) is 2.30. The van der Waals surface area contributed by atoms with E-state index in [1.54, 1.807) is 0 Å². The fourth-order valence-corrected chi connectivity index (χ4v) is 2.71. The average Bonchev–Trinajstić information content (AvgIpc) is 2.78. The molecule has 0 bridgehead atoms. The molecule has 0 spiro atoms. The molecular weight excluding hydrogens is 270 g/mol. The van der Waals surface area contributed by atoms with Crippen LogP contribution in [0.5, 0.6) is 0 Å². The van der Waals surface area contributed by atoms with Gasteiger partial charge in [0.05, 0.1) is 11.2 Å². The average molecular weight is 288 g/mol. The summed E-state index contributed by atoms with van der Waals surface area (Å²) in [5, 5.41) is 2.72. The zero-order valence-corrected chi connectivity index (χ0v) is 12.7. The number of hydrogen-bond donors (Lipinski definition) is 0. The fraction of sp³-hybridized carbons (Fsp3) is 0.294. The summed E-state index contributed by atoms with van der Waals surface area (Å²) in [7, 11) is 0. The maximum absolute atomic E-state index is 6.21. The predicted molar refractivity (Wildman–Crippen MR) is 83.1 cm³/mol. The Kier molecular flexibility index (Phi) is 3.23. The normalized spacial score (nSPS) is 18.2. The molecule has 0 saturated carbocycles. The molecule has 3 heteroatoms. The first kappa shape index (κ1) is 13.5. The van der Waals surface area contributed by atoms with Crippen molar-refractivity contribution in [3.05, 3.63) is 64.7 Å². The maximum Gasteiger partial charge on any atom is 0.138 e. The second-order valence-corrected chi connectivity index (χ2v) is 6.50. The van der Waals surface area contributed by atoms with E-state index < -0.39 is 0 Å². The number of benzene rings is 2. The molecule has 1 atom stereocenters. The van der Waals surface area contributed by atoms with E-state index in [2.05, 4.69) is 32.9 Å². The summed E-state index contributed by atoms with van der Waals surface area (Å²) in [5.74, 6) is 0. The highest BCUT2D eigenvalue weighted by molar-refractivity contribution is 6.30. The van der Waals surface area contributed by atoms with Crippen molar-refractivity contribution in [1.29, 1.82) is 0 Å². The van der Waals surface area contributed by atoms with Gasteiger partial charge in [0.1, 0.15) is 6.10 Å². The Bertz CT molecular complexity index is 619. The molecule has 20 heavy (non-hydrogen) atoms. The third-order valence-electron chi connectivity index (χ3n) is 3.41. The van der Waals surface area contributed by atoms with E-state index >= 15 is 0 Å². The van der Waals surface area contributed by atoms with E-state index in [1.807, 2.05) is 41.5 Å². The quantitative estimate of drug-likeness (QED) is 0.733. The standard InChI is InChI=1S/C17H18ClNO/c1-17(2,3)19-15-10-9-13(18)11-14(15)16(20-19)12-7-5-4-6-8-12/h4-11,16H,1-3H3.